The summed E-state index contributed by atoms with van der Waals surface area (Å²) in [6, 6.07) is 3.59. The molecule has 1 aromatic heterocycles. The highest BCUT2D eigenvalue weighted by molar-refractivity contribution is 6.01. The molecule has 1 aliphatic rings. The molecule has 1 N–H and O–H groups in total. The number of alkyl halides is 5. The van der Waals surface area contributed by atoms with E-state index in [9.17, 15) is 31.1 Å². The van der Waals surface area contributed by atoms with Gasteiger partial charge in [-0.3, -0.25) is 9.78 Å². The van der Waals surface area contributed by atoms with Crippen LogP contribution in [0, 0.1) is 11.2 Å². The number of halogens is 6. The zero-order valence-corrected chi connectivity index (χ0v) is 17.1. The number of pyridine rings is 1. The lowest BCUT2D eigenvalue weighted by Gasteiger charge is -2.25. The summed E-state index contributed by atoms with van der Waals surface area (Å²) >= 11 is 0. The van der Waals surface area contributed by atoms with Crippen molar-refractivity contribution in [3.05, 3.63) is 59.6 Å². The number of carbonyl (C=O) groups is 1. The van der Waals surface area contributed by atoms with Gasteiger partial charge in [-0.2, -0.15) is 13.2 Å². The van der Waals surface area contributed by atoms with E-state index in [1.165, 1.54) is 23.2 Å². The molecule has 33 heavy (non-hydrogen) atoms. The Balaban J connectivity index is 1.94. The molecule has 0 radical (unpaired) electrons. The smallest absolute Gasteiger partial charge is 0.422 e. The first kappa shape index (κ1) is 24.3. The van der Waals surface area contributed by atoms with Crippen molar-refractivity contribution in [3.63, 3.8) is 0 Å². The van der Waals surface area contributed by atoms with Gasteiger partial charge in [-0.1, -0.05) is 12.2 Å². The summed E-state index contributed by atoms with van der Waals surface area (Å²) in [7, 11) is 0. The first-order chi connectivity index (χ1) is 15.5. The van der Waals surface area contributed by atoms with Crippen molar-refractivity contribution in [2.45, 2.75) is 38.0 Å². The Morgan fingerprint density at radius 2 is 1.97 bits per heavy atom. The quantitative estimate of drug-likeness (QED) is 0.302. The summed E-state index contributed by atoms with van der Waals surface area (Å²) in [6.07, 6.45) is -5.65. The Hall–Kier alpha value is -3.37. The largest absolute Gasteiger partial charge is 0.483 e. The molecule has 1 aliphatic heterocycles. The molecular formula is C22H19F6N3O2. The molecule has 1 atom stereocenters. The van der Waals surface area contributed by atoms with Crippen LogP contribution < -0.4 is 4.74 Å². The van der Waals surface area contributed by atoms with Crippen LogP contribution >= 0.6 is 0 Å². The number of nitrogens with one attached hydrogen (secondary N) is 1. The molecule has 2 heterocycles. The fraction of sp³-hybridized carbons (Fsp3) is 0.318. The van der Waals surface area contributed by atoms with E-state index in [-0.39, 0.29) is 35.4 Å². The Kier molecular flexibility index (Phi) is 7.09. The predicted octanol–water partition coefficient (Wildman–Crippen LogP) is 5.40. The minimum absolute atomic E-state index is 0.0488. The summed E-state index contributed by atoms with van der Waals surface area (Å²) in [5.41, 5.74) is 0.882. The van der Waals surface area contributed by atoms with Crippen molar-refractivity contribution in [1.29, 1.82) is 5.41 Å². The molecule has 3 rings (SSSR count). The molecule has 0 saturated carbocycles. The van der Waals surface area contributed by atoms with Crippen LogP contribution in [0.4, 0.5) is 26.3 Å². The van der Waals surface area contributed by atoms with Crippen LogP contribution in [0.25, 0.3) is 11.3 Å². The van der Waals surface area contributed by atoms with E-state index in [0.717, 1.165) is 18.3 Å². The number of aromatic nitrogens is 1. The zero-order chi connectivity index (χ0) is 24.3. The number of amides is 1. The summed E-state index contributed by atoms with van der Waals surface area (Å²) in [6.45, 7) is 1.85. The Labute approximate surface area is 185 Å². The van der Waals surface area contributed by atoms with Gasteiger partial charge >= 0.3 is 6.18 Å². The summed E-state index contributed by atoms with van der Waals surface area (Å²) in [4.78, 5) is 18.4. The molecule has 0 spiro atoms. The van der Waals surface area contributed by atoms with Crippen LogP contribution in [-0.2, 0) is 6.54 Å². The number of ether oxygens (including phenoxy) is 1. The summed E-state index contributed by atoms with van der Waals surface area (Å²) in [5.74, 6) is -1.71. The molecular weight excluding hydrogens is 452 g/mol. The van der Waals surface area contributed by atoms with E-state index in [0.29, 0.717) is 5.56 Å². The SMILES string of the molecule is C=C(CC(F)F)CC(C=N)N1Cc2c(ccnc2-c2ccc(F)cc2OCC(F)(F)F)C1=O. The fourth-order valence-corrected chi connectivity index (χ4v) is 3.58. The number of hydrogen-bond acceptors (Lipinski definition) is 4. The van der Waals surface area contributed by atoms with Crippen LogP contribution in [0.1, 0.15) is 28.8 Å². The number of nitrogens with zero attached hydrogens (tertiary/aromatic N) is 2. The molecule has 1 unspecified atom stereocenters. The number of hydrogen-bond donors (Lipinski definition) is 1. The maximum Gasteiger partial charge on any atom is 0.422 e. The van der Waals surface area contributed by atoms with Gasteiger partial charge in [0.25, 0.3) is 5.91 Å². The normalized spacial score (nSPS) is 14.4. The topological polar surface area (TPSA) is 66.3 Å². The van der Waals surface area contributed by atoms with Gasteiger partial charge in [0.1, 0.15) is 11.6 Å². The van der Waals surface area contributed by atoms with Crippen molar-refractivity contribution in [3.8, 4) is 17.0 Å². The lowest BCUT2D eigenvalue weighted by Crippen LogP contribution is -2.37. The maximum atomic E-state index is 13.7. The van der Waals surface area contributed by atoms with E-state index in [1.54, 1.807) is 0 Å². The van der Waals surface area contributed by atoms with Crippen LogP contribution in [0.15, 0.2) is 42.6 Å². The van der Waals surface area contributed by atoms with Crippen molar-refractivity contribution in [1.82, 2.24) is 9.88 Å². The van der Waals surface area contributed by atoms with E-state index in [2.05, 4.69) is 11.6 Å². The molecule has 11 heteroatoms. The van der Waals surface area contributed by atoms with E-state index < -0.39 is 49.1 Å². The first-order valence-electron chi connectivity index (χ1n) is 9.74. The monoisotopic (exact) mass is 471 g/mol. The standard InChI is InChI=1S/C22H19F6N3O2/c1-12(7-19(24)25)6-14(9-29)31-10-17-15(21(31)32)4-5-30-20(17)16-3-2-13(23)8-18(16)33-11-22(26,27)28/h2-5,8-9,14,19,29H,1,6-7,10-11H2. The predicted molar refractivity (Wildman–Crippen MR) is 108 cm³/mol. The van der Waals surface area contributed by atoms with Gasteiger partial charge in [-0.05, 0) is 24.6 Å². The third-order valence-corrected chi connectivity index (χ3v) is 5.00. The number of benzene rings is 1. The molecule has 0 fully saturated rings. The van der Waals surface area contributed by atoms with Gasteiger partial charge in [-0.15, -0.1) is 0 Å². The van der Waals surface area contributed by atoms with Crippen LogP contribution in [0.5, 0.6) is 5.75 Å². The average molecular weight is 471 g/mol. The lowest BCUT2D eigenvalue weighted by atomic mass is 10.0. The summed E-state index contributed by atoms with van der Waals surface area (Å²) < 4.78 is 81.7. The summed E-state index contributed by atoms with van der Waals surface area (Å²) in [5, 5.41) is 7.65. The molecule has 0 bridgehead atoms. The van der Waals surface area contributed by atoms with Crippen molar-refractivity contribution < 1.29 is 35.9 Å². The third kappa shape index (κ3) is 5.71. The van der Waals surface area contributed by atoms with Crippen molar-refractivity contribution >= 4 is 12.1 Å². The molecule has 176 valence electrons. The molecule has 2 aromatic rings. The Morgan fingerprint density at radius 3 is 2.61 bits per heavy atom. The van der Waals surface area contributed by atoms with Gasteiger partial charge in [0.2, 0.25) is 6.43 Å². The maximum absolute atomic E-state index is 13.7. The second-order valence-electron chi connectivity index (χ2n) is 7.45. The van der Waals surface area contributed by atoms with Crippen molar-refractivity contribution in [2.24, 2.45) is 0 Å². The van der Waals surface area contributed by atoms with E-state index in [4.69, 9.17) is 10.1 Å². The molecule has 5 nitrogen and oxygen atoms in total. The van der Waals surface area contributed by atoms with Gasteiger partial charge in [0, 0.05) is 48.1 Å². The highest BCUT2D eigenvalue weighted by atomic mass is 19.4. The highest BCUT2D eigenvalue weighted by Gasteiger charge is 2.35. The van der Waals surface area contributed by atoms with Gasteiger partial charge in [0.15, 0.2) is 6.61 Å². The fourth-order valence-electron chi connectivity index (χ4n) is 3.58. The Bertz CT molecular complexity index is 1070. The minimum Gasteiger partial charge on any atom is -0.483 e. The number of carbonyl (C=O) groups excluding carboxylic acids is 1. The molecule has 1 amide bonds. The van der Waals surface area contributed by atoms with E-state index >= 15 is 0 Å². The van der Waals surface area contributed by atoms with Gasteiger partial charge in [0.05, 0.1) is 11.7 Å². The second kappa shape index (κ2) is 9.63. The minimum atomic E-state index is -4.65. The zero-order valence-electron chi connectivity index (χ0n) is 17.1. The highest BCUT2D eigenvalue weighted by Crippen LogP contribution is 2.37. The van der Waals surface area contributed by atoms with Crippen LogP contribution in [0.2, 0.25) is 0 Å². The number of rotatable bonds is 9. The molecule has 1 aromatic carbocycles. The lowest BCUT2D eigenvalue weighted by molar-refractivity contribution is -0.153. The number of fused-ring (bicyclic) bond motifs is 1. The second-order valence-corrected chi connectivity index (χ2v) is 7.45. The average Bonchev–Trinajstić information content (AvgIpc) is 3.06. The van der Waals surface area contributed by atoms with Gasteiger partial charge < -0.3 is 15.0 Å². The Morgan fingerprint density at radius 1 is 1.24 bits per heavy atom. The third-order valence-electron chi connectivity index (χ3n) is 5.00. The van der Waals surface area contributed by atoms with Gasteiger partial charge in [-0.25, -0.2) is 13.2 Å². The first-order valence-corrected chi connectivity index (χ1v) is 9.74. The van der Waals surface area contributed by atoms with Crippen LogP contribution in [-0.4, -0.2) is 47.3 Å². The van der Waals surface area contributed by atoms with Crippen molar-refractivity contribution in [2.75, 3.05) is 6.61 Å². The van der Waals surface area contributed by atoms with E-state index in [1.807, 2.05) is 0 Å². The molecule has 0 aliphatic carbocycles. The van der Waals surface area contributed by atoms with Crippen LogP contribution in [0.3, 0.4) is 0 Å². The molecule has 0 saturated heterocycles.